The number of carbonyl (C=O) groups is 1. The van der Waals surface area contributed by atoms with Gasteiger partial charge in [-0.2, -0.15) is 13.2 Å². The van der Waals surface area contributed by atoms with Gasteiger partial charge in [-0.05, 0) is 25.2 Å². The lowest BCUT2D eigenvalue weighted by Crippen LogP contribution is -2.38. The Labute approximate surface area is 91.5 Å². The summed E-state index contributed by atoms with van der Waals surface area (Å²) in [6.45, 7) is 1.73. The Morgan fingerprint density at radius 2 is 2.00 bits per heavy atom. The SMILES string of the molecule is CCOC(=O)C1C2C=CC(C2)C1C(F)(F)F. The Balaban J connectivity index is 2.22. The van der Waals surface area contributed by atoms with E-state index in [1.165, 1.54) is 0 Å². The van der Waals surface area contributed by atoms with Crippen molar-refractivity contribution >= 4 is 5.97 Å². The Hall–Kier alpha value is -1.00. The number of alkyl halides is 3. The summed E-state index contributed by atoms with van der Waals surface area (Å²) in [7, 11) is 0. The number of allylic oxidation sites excluding steroid dienone is 2. The molecule has 0 aromatic heterocycles. The molecule has 4 unspecified atom stereocenters. The zero-order chi connectivity index (χ0) is 11.9. The number of esters is 1. The number of ether oxygens (including phenoxy) is 1. The lowest BCUT2D eigenvalue weighted by atomic mass is 9.82. The van der Waals surface area contributed by atoms with E-state index in [0.717, 1.165) is 0 Å². The summed E-state index contributed by atoms with van der Waals surface area (Å²) in [5, 5.41) is 0. The Kier molecular flexibility index (Phi) is 2.72. The molecule has 2 rings (SSSR count). The van der Waals surface area contributed by atoms with Crippen LogP contribution in [-0.2, 0) is 9.53 Å². The summed E-state index contributed by atoms with van der Waals surface area (Å²) in [6.07, 6.45) is -0.595. The highest BCUT2D eigenvalue weighted by atomic mass is 19.4. The zero-order valence-corrected chi connectivity index (χ0v) is 8.83. The van der Waals surface area contributed by atoms with Gasteiger partial charge in [0.25, 0.3) is 0 Å². The predicted octanol–water partition coefficient (Wildman–Crippen LogP) is 2.55. The average Bonchev–Trinajstić information content (AvgIpc) is 2.74. The molecule has 0 saturated heterocycles. The number of hydrogen-bond donors (Lipinski definition) is 0. The van der Waals surface area contributed by atoms with E-state index in [0.29, 0.717) is 6.42 Å². The topological polar surface area (TPSA) is 26.3 Å². The van der Waals surface area contributed by atoms with E-state index in [-0.39, 0.29) is 12.5 Å². The van der Waals surface area contributed by atoms with Crippen molar-refractivity contribution in [3.8, 4) is 0 Å². The molecular formula is C11H13F3O2. The number of carbonyl (C=O) groups excluding carboxylic acids is 1. The van der Waals surface area contributed by atoms with Gasteiger partial charge in [-0.15, -0.1) is 0 Å². The fraction of sp³-hybridized carbons (Fsp3) is 0.727. The molecule has 2 aliphatic rings. The van der Waals surface area contributed by atoms with Crippen molar-refractivity contribution < 1.29 is 22.7 Å². The lowest BCUT2D eigenvalue weighted by molar-refractivity contribution is -0.201. The van der Waals surface area contributed by atoms with Crippen molar-refractivity contribution in [3.63, 3.8) is 0 Å². The van der Waals surface area contributed by atoms with Crippen LogP contribution < -0.4 is 0 Å². The van der Waals surface area contributed by atoms with E-state index in [1.807, 2.05) is 0 Å². The maximum atomic E-state index is 12.8. The third-order valence-corrected chi connectivity index (χ3v) is 3.40. The van der Waals surface area contributed by atoms with Crippen LogP contribution in [0.3, 0.4) is 0 Å². The van der Waals surface area contributed by atoms with Crippen LogP contribution in [0.25, 0.3) is 0 Å². The first-order valence-electron chi connectivity index (χ1n) is 5.36. The van der Waals surface area contributed by atoms with Crippen LogP contribution in [0, 0.1) is 23.7 Å². The van der Waals surface area contributed by atoms with Crippen LogP contribution in [0.15, 0.2) is 12.2 Å². The second-order valence-electron chi connectivity index (χ2n) is 4.29. The summed E-state index contributed by atoms with van der Waals surface area (Å²) >= 11 is 0. The van der Waals surface area contributed by atoms with Crippen molar-refractivity contribution in [3.05, 3.63) is 12.2 Å². The van der Waals surface area contributed by atoms with Gasteiger partial charge in [0.1, 0.15) is 0 Å². The molecule has 16 heavy (non-hydrogen) atoms. The molecule has 0 radical (unpaired) electrons. The van der Waals surface area contributed by atoms with Gasteiger partial charge in [0.2, 0.25) is 0 Å². The third kappa shape index (κ3) is 1.72. The maximum absolute atomic E-state index is 12.8. The minimum absolute atomic E-state index is 0.126. The molecule has 90 valence electrons. The molecule has 2 aliphatic carbocycles. The summed E-state index contributed by atoms with van der Waals surface area (Å²) in [5.74, 6) is -4.13. The molecule has 0 aliphatic heterocycles. The van der Waals surface area contributed by atoms with E-state index in [9.17, 15) is 18.0 Å². The molecule has 0 heterocycles. The monoisotopic (exact) mass is 234 g/mol. The highest BCUT2D eigenvalue weighted by molar-refractivity contribution is 5.74. The summed E-state index contributed by atoms with van der Waals surface area (Å²) in [6, 6.07) is 0. The molecule has 4 atom stereocenters. The predicted molar refractivity (Wildman–Crippen MR) is 50.4 cm³/mol. The van der Waals surface area contributed by atoms with Gasteiger partial charge < -0.3 is 4.74 Å². The summed E-state index contributed by atoms with van der Waals surface area (Å²) in [4.78, 5) is 11.5. The summed E-state index contributed by atoms with van der Waals surface area (Å²) < 4.78 is 43.2. The van der Waals surface area contributed by atoms with Gasteiger partial charge in [0, 0.05) is 0 Å². The third-order valence-electron chi connectivity index (χ3n) is 3.40. The van der Waals surface area contributed by atoms with Crippen molar-refractivity contribution in [1.82, 2.24) is 0 Å². The number of fused-ring (bicyclic) bond motifs is 2. The lowest BCUT2D eigenvalue weighted by Gasteiger charge is -2.28. The molecule has 1 fully saturated rings. The Bertz CT molecular complexity index is 322. The van der Waals surface area contributed by atoms with E-state index in [2.05, 4.69) is 0 Å². The second kappa shape index (κ2) is 3.79. The van der Waals surface area contributed by atoms with Crippen LogP contribution in [0.1, 0.15) is 13.3 Å². The number of halogens is 3. The van der Waals surface area contributed by atoms with Gasteiger partial charge in [-0.25, -0.2) is 0 Å². The molecule has 2 nitrogen and oxygen atoms in total. The van der Waals surface area contributed by atoms with Gasteiger partial charge in [-0.1, -0.05) is 12.2 Å². The molecule has 2 bridgehead atoms. The van der Waals surface area contributed by atoms with Crippen molar-refractivity contribution in [2.75, 3.05) is 6.61 Å². The van der Waals surface area contributed by atoms with Crippen LogP contribution in [0.4, 0.5) is 13.2 Å². The van der Waals surface area contributed by atoms with Crippen molar-refractivity contribution in [1.29, 1.82) is 0 Å². The van der Waals surface area contributed by atoms with E-state index in [1.54, 1.807) is 19.1 Å². The average molecular weight is 234 g/mol. The van der Waals surface area contributed by atoms with E-state index >= 15 is 0 Å². The molecule has 0 aromatic carbocycles. The number of hydrogen-bond acceptors (Lipinski definition) is 2. The van der Waals surface area contributed by atoms with Gasteiger partial charge in [0.05, 0.1) is 18.4 Å². The molecular weight excluding hydrogens is 221 g/mol. The molecule has 0 aromatic rings. The molecule has 0 spiro atoms. The molecule has 5 heteroatoms. The Morgan fingerprint density at radius 1 is 1.38 bits per heavy atom. The van der Waals surface area contributed by atoms with E-state index in [4.69, 9.17) is 4.74 Å². The van der Waals surface area contributed by atoms with Crippen LogP contribution in [-0.4, -0.2) is 18.8 Å². The van der Waals surface area contributed by atoms with Crippen LogP contribution >= 0.6 is 0 Å². The minimum Gasteiger partial charge on any atom is -0.466 e. The smallest absolute Gasteiger partial charge is 0.393 e. The second-order valence-corrected chi connectivity index (χ2v) is 4.29. The zero-order valence-electron chi connectivity index (χ0n) is 8.83. The highest BCUT2D eigenvalue weighted by Crippen LogP contribution is 2.54. The molecule has 0 amide bonds. The Morgan fingerprint density at radius 3 is 2.56 bits per heavy atom. The first kappa shape index (κ1) is 11.5. The molecule has 0 N–H and O–H groups in total. The van der Waals surface area contributed by atoms with Gasteiger partial charge in [-0.3, -0.25) is 4.79 Å². The van der Waals surface area contributed by atoms with Crippen molar-refractivity contribution in [2.24, 2.45) is 23.7 Å². The number of rotatable bonds is 2. The normalized spacial score (nSPS) is 36.8. The van der Waals surface area contributed by atoms with Crippen LogP contribution in [0.2, 0.25) is 0 Å². The van der Waals surface area contributed by atoms with Gasteiger partial charge in [0.15, 0.2) is 0 Å². The van der Waals surface area contributed by atoms with Crippen LogP contribution in [0.5, 0.6) is 0 Å². The first-order valence-corrected chi connectivity index (χ1v) is 5.36. The standard InChI is InChI=1S/C11H13F3O2/c1-2-16-10(15)8-6-3-4-7(5-6)9(8)11(12,13)14/h3-4,6-9H,2,5H2,1H3. The fourth-order valence-corrected chi connectivity index (χ4v) is 2.83. The van der Waals surface area contributed by atoms with Gasteiger partial charge >= 0.3 is 12.1 Å². The van der Waals surface area contributed by atoms with Crippen molar-refractivity contribution in [2.45, 2.75) is 19.5 Å². The summed E-state index contributed by atoms with van der Waals surface area (Å²) in [5.41, 5.74) is 0. The minimum atomic E-state index is -4.32. The quantitative estimate of drug-likeness (QED) is 0.542. The largest absolute Gasteiger partial charge is 0.466 e. The van der Waals surface area contributed by atoms with E-state index < -0.39 is 29.9 Å². The molecule has 1 saturated carbocycles. The maximum Gasteiger partial charge on any atom is 0.393 e. The fourth-order valence-electron chi connectivity index (χ4n) is 2.83. The first-order chi connectivity index (χ1) is 7.45. The highest BCUT2D eigenvalue weighted by Gasteiger charge is 2.59.